The van der Waals surface area contributed by atoms with E-state index in [1.807, 2.05) is 0 Å². The Kier molecular flexibility index (Phi) is 12.3. The Bertz CT molecular complexity index is 235. The standard InChI is InChI=1S/C17H36O4/c1-5-15(9-10-18)7-6-8-17(20)14(3)13(2)11-16(19)12-21-4/h13-20H,5-12H2,1-4H3. The van der Waals surface area contributed by atoms with Crippen molar-refractivity contribution < 1.29 is 20.1 Å². The summed E-state index contributed by atoms with van der Waals surface area (Å²) in [6.07, 6.45) is 4.71. The summed E-state index contributed by atoms with van der Waals surface area (Å²) in [5, 5.41) is 29.0. The van der Waals surface area contributed by atoms with Crippen molar-refractivity contribution in [2.45, 2.75) is 71.5 Å². The number of aliphatic hydroxyl groups is 3. The van der Waals surface area contributed by atoms with Gasteiger partial charge in [-0.15, -0.1) is 0 Å². The summed E-state index contributed by atoms with van der Waals surface area (Å²) in [5.74, 6) is 1.01. The summed E-state index contributed by atoms with van der Waals surface area (Å²) in [7, 11) is 1.59. The van der Waals surface area contributed by atoms with Crippen LogP contribution in [0.1, 0.15) is 59.3 Å². The van der Waals surface area contributed by atoms with E-state index in [1.54, 1.807) is 7.11 Å². The molecule has 0 aliphatic carbocycles. The van der Waals surface area contributed by atoms with Crippen LogP contribution in [0, 0.1) is 17.8 Å². The number of rotatable bonds is 13. The lowest BCUT2D eigenvalue weighted by molar-refractivity contribution is 0.0227. The van der Waals surface area contributed by atoms with Gasteiger partial charge in [0, 0.05) is 13.7 Å². The van der Waals surface area contributed by atoms with Crippen molar-refractivity contribution in [1.29, 1.82) is 0 Å². The van der Waals surface area contributed by atoms with Crippen molar-refractivity contribution in [3.8, 4) is 0 Å². The molecule has 0 aliphatic heterocycles. The minimum absolute atomic E-state index is 0.175. The molecule has 0 saturated heterocycles. The molecule has 3 N–H and O–H groups in total. The van der Waals surface area contributed by atoms with E-state index in [2.05, 4.69) is 20.8 Å². The van der Waals surface area contributed by atoms with Crippen LogP contribution in [0.15, 0.2) is 0 Å². The highest BCUT2D eigenvalue weighted by Crippen LogP contribution is 2.25. The van der Waals surface area contributed by atoms with Crippen molar-refractivity contribution in [3.05, 3.63) is 0 Å². The lowest BCUT2D eigenvalue weighted by Crippen LogP contribution is -2.28. The number of hydrogen-bond donors (Lipinski definition) is 3. The van der Waals surface area contributed by atoms with Crippen molar-refractivity contribution in [1.82, 2.24) is 0 Å². The maximum absolute atomic E-state index is 10.3. The van der Waals surface area contributed by atoms with Gasteiger partial charge >= 0.3 is 0 Å². The van der Waals surface area contributed by atoms with E-state index in [0.29, 0.717) is 18.9 Å². The second-order valence-electron chi connectivity index (χ2n) is 6.47. The highest BCUT2D eigenvalue weighted by molar-refractivity contribution is 4.73. The predicted molar refractivity (Wildman–Crippen MR) is 86.2 cm³/mol. The molecule has 0 heterocycles. The van der Waals surface area contributed by atoms with Crippen LogP contribution in [0.3, 0.4) is 0 Å². The Morgan fingerprint density at radius 3 is 2.24 bits per heavy atom. The average molecular weight is 304 g/mol. The second kappa shape index (κ2) is 12.4. The predicted octanol–water partition coefficient (Wildman–Crippen LogP) is 2.60. The van der Waals surface area contributed by atoms with E-state index in [0.717, 1.165) is 32.1 Å². The fraction of sp³-hybridized carbons (Fsp3) is 1.00. The zero-order valence-corrected chi connectivity index (χ0v) is 14.3. The summed E-state index contributed by atoms with van der Waals surface area (Å²) < 4.78 is 4.94. The van der Waals surface area contributed by atoms with Crippen molar-refractivity contribution in [3.63, 3.8) is 0 Å². The lowest BCUT2D eigenvalue weighted by atomic mass is 9.84. The van der Waals surface area contributed by atoms with E-state index in [9.17, 15) is 10.2 Å². The van der Waals surface area contributed by atoms with Gasteiger partial charge < -0.3 is 20.1 Å². The Balaban J connectivity index is 3.99. The van der Waals surface area contributed by atoms with Crippen LogP contribution in [0.5, 0.6) is 0 Å². The highest BCUT2D eigenvalue weighted by atomic mass is 16.5. The first-order valence-corrected chi connectivity index (χ1v) is 8.42. The van der Waals surface area contributed by atoms with Crippen molar-refractivity contribution in [2.75, 3.05) is 20.3 Å². The molecule has 0 aromatic carbocycles. The molecule has 5 unspecified atom stereocenters. The molecule has 0 bridgehead atoms. The fourth-order valence-corrected chi connectivity index (χ4v) is 2.90. The minimum atomic E-state index is -0.450. The number of aliphatic hydroxyl groups excluding tert-OH is 3. The molecular formula is C17H36O4. The molecule has 0 radical (unpaired) electrons. The van der Waals surface area contributed by atoms with E-state index in [4.69, 9.17) is 9.84 Å². The zero-order valence-electron chi connectivity index (χ0n) is 14.3. The van der Waals surface area contributed by atoms with Gasteiger partial charge in [0.05, 0.1) is 18.8 Å². The summed E-state index contributed by atoms with van der Waals surface area (Å²) in [4.78, 5) is 0. The average Bonchev–Trinajstić information content (AvgIpc) is 2.45. The van der Waals surface area contributed by atoms with Crippen LogP contribution < -0.4 is 0 Å². The van der Waals surface area contributed by atoms with E-state index >= 15 is 0 Å². The number of hydrogen-bond acceptors (Lipinski definition) is 4. The summed E-state index contributed by atoms with van der Waals surface area (Å²) in [6, 6.07) is 0. The van der Waals surface area contributed by atoms with Crippen LogP contribution in [0.25, 0.3) is 0 Å². The van der Waals surface area contributed by atoms with Gasteiger partial charge in [0.25, 0.3) is 0 Å². The second-order valence-corrected chi connectivity index (χ2v) is 6.47. The third kappa shape index (κ3) is 9.46. The van der Waals surface area contributed by atoms with Crippen LogP contribution in [-0.4, -0.2) is 47.9 Å². The maximum atomic E-state index is 10.3. The third-order valence-corrected chi connectivity index (χ3v) is 4.73. The topological polar surface area (TPSA) is 69.9 Å². The van der Waals surface area contributed by atoms with Crippen LogP contribution in [-0.2, 0) is 4.74 Å². The van der Waals surface area contributed by atoms with Crippen LogP contribution in [0.2, 0.25) is 0 Å². The van der Waals surface area contributed by atoms with Gasteiger partial charge in [-0.2, -0.15) is 0 Å². The maximum Gasteiger partial charge on any atom is 0.0776 e. The Morgan fingerprint density at radius 1 is 1.05 bits per heavy atom. The molecule has 0 saturated carbocycles. The quantitative estimate of drug-likeness (QED) is 0.489. The first-order valence-electron chi connectivity index (χ1n) is 8.42. The van der Waals surface area contributed by atoms with Gasteiger partial charge in [-0.25, -0.2) is 0 Å². The molecule has 128 valence electrons. The molecule has 0 aromatic heterocycles. The van der Waals surface area contributed by atoms with Gasteiger partial charge in [0.1, 0.15) is 0 Å². The largest absolute Gasteiger partial charge is 0.396 e. The molecule has 0 aromatic rings. The molecule has 4 nitrogen and oxygen atoms in total. The van der Waals surface area contributed by atoms with Gasteiger partial charge in [0.2, 0.25) is 0 Å². The van der Waals surface area contributed by atoms with Gasteiger partial charge in [-0.3, -0.25) is 0 Å². The molecule has 0 rings (SSSR count). The molecule has 0 aliphatic rings. The van der Waals surface area contributed by atoms with Gasteiger partial charge in [-0.05, 0) is 37.0 Å². The fourth-order valence-electron chi connectivity index (χ4n) is 2.90. The monoisotopic (exact) mass is 304 g/mol. The molecular weight excluding hydrogens is 268 g/mol. The number of methoxy groups -OCH3 is 1. The zero-order chi connectivity index (χ0) is 16.3. The van der Waals surface area contributed by atoms with Crippen LogP contribution in [0.4, 0.5) is 0 Å². The normalized spacial score (nSPS) is 19.0. The van der Waals surface area contributed by atoms with Gasteiger partial charge in [-0.1, -0.05) is 40.0 Å². The van der Waals surface area contributed by atoms with E-state index < -0.39 is 6.10 Å². The van der Waals surface area contributed by atoms with Crippen molar-refractivity contribution in [2.24, 2.45) is 17.8 Å². The molecule has 0 fully saturated rings. The minimum Gasteiger partial charge on any atom is -0.396 e. The molecule has 5 atom stereocenters. The Hall–Kier alpha value is -0.160. The van der Waals surface area contributed by atoms with E-state index in [-0.39, 0.29) is 24.5 Å². The molecule has 21 heavy (non-hydrogen) atoms. The molecule has 4 heteroatoms. The lowest BCUT2D eigenvalue weighted by Gasteiger charge is -2.27. The first-order chi connectivity index (χ1) is 9.96. The summed E-state index contributed by atoms with van der Waals surface area (Å²) >= 11 is 0. The highest BCUT2D eigenvalue weighted by Gasteiger charge is 2.23. The Labute approximate surface area is 130 Å². The molecule has 0 amide bonds. The smallest absolute Gasteiger partial charge is 0.0776 e. The summed E-state index contributed by atoms with van der Waals surface area (Å²) in [6.45, 7) is 6.89. The number of ether oxygens (including phenoxy) is 1. The Morgan fingerprint density at radius 2 is 1.71 bits per heavy atom. The molecule has 0 spiro atoms. The summed E-state index contributed by atoms with van der Waals surface area (Å²) in [5.41, 5.74) is 0. The third-order valence-electron chi connectivity index (χ3n) is 4.73. The van der Waals surface area contributed by atoms with Crippen LogP contribution >= 0.6 is 0 Å². The van der Waals surface area contributed by atoms with Crippen molar-refractivity contribution >= 4 is 0 Å². The van der Waals surface area contributed by atoms with Gasteiger partial charge in [0.15, 0.2) is 0 Å². The first kappa shape index (κ1) is 20.8. The van der Waals surface area contributed by atoms with E-state index in [1.165, 1.54) is 0 Å². The SMILES string of the molecule is CCC(CCO)CCCC(O)C(C)C(C)CC(O)COC.